The highest BCUT2D eigenvalue weighted by Crippen LogP contribution is 2.28. The molecule has 0 radical (unpaired) electrons. The number of halogens is 2. The third kappa shape index (κ3) is 4.50. The quantitative estimate of drug-likeness (QED) is 0.569. The van der Waals surface area contributed by atoms with Crippen molar-refractivity contribution >= 4 is 23.0 Å². The second-order valence-electron chi connectivity index (χ2n) is 5.29. The first-order chi connectivity index (χ1) is 12.6. The van der Waals surface area contributed by atoms with Crippen LogP contribution in [0.4, 0.5) is 25.8 Å². The molecule has 0 saturated heterocycles. The number of non-ortho nitro benzene ring substituents is 1. The molecule has 2 aromatic rings. The summed E-state index contributed by atoms with van der Waals surface area (Å²) < 4.78 is 30.4. The molecule has 1 N–H and O–H groups in total. The summed E-state index contributed by atoms with van der Waals surface area (Å²) in [6.45, 7) is 0.394. The average Bonchev–Trinajstić information content (AvgIpc) is 2.88. The van der Waals surface area contributed by atoms with Gasteiger partial charge in [-0.1, -0.05) is 0 Å². The first-order valence-corrected chi connectivity index (χ1v) is 7.30. The van der Waals surface area contributed by atoms with Crippen LogP contribution in [0.5, 0.6) is 5.75 Å². The van der Waals surface area contributed by atoms with E-state index < -0.39 is 45.9 Å². The first kappa shape index (κ1) is 19.7. The molecule has 1 amide bonds. The van der Waals surface area contributed by atoms with E-state index in [-0.39, 0.29) is 17.1 Å². The Morgan fingerprint density at radius 1 is 1.30 bits per heavy atom. The Labute approximate surface area is 149 Å². The number of carbonyl (C=O) groups excluding carboxylic acids is 1. The monoisotopic (exact) mass is 385 g/mol. The van der Waals surface area contributed by atoms with E-state index in [1.165, 1.54) is 14.0 Å². The zero-order valence-electron chi connectivity index (χ0n) is 14.0. The molecule has 0 aliphatic rings. The van der Waals surface area contributed by atoms with E-state index in [9.17, 15) is 33.8 Å². The van der Waals surface area contributed by atoms with Crippen molar-refractivity contribution in [3.05, 3.63) is 49.8 Å². The Bertz CT molecular complexity index is 914. The SMILES string of the molecule is Cc1c([N+](=O)[O-])c(C(=O)Nc2cc(OCC(F)F)cc([N+](=O)[O-])c2)nn1C. The molecule has 27 heavy (non-hydrogen) atoms. The van der Waals surface area contributed by atoms with Gasteiger partial charge in [0.1, 0.15) is 18.1 Å². The van der Waals surface area contributed by atoms with E-state index in [1.54, 1.807) is 0 Å². The summed E-state index contributed by atoms with van der Waals surface area (Å²) in [4.78, 5) is 32.9. The number of nitro groups is 2. The molecule has 11 nitrogen and oxygen atoms in total. The number of aryl methyl sites for hydroxylation is 1. The van der Waals surface area contributed by atoms with Gasteiger partial charge in [0.05, 0.1) is 21.6 Å². The number of rotatable bonds is 7. The Morgan fingerprint density at radius 2 is 1.96 bits per heavy atom. The Balaban J connectivity index is 2.36. The van der Waals surface area contributed by atoms with Crippen LogP contribution >= 0.6 is 0 Å². The third-order valence-corrected chi connectivity index (χ3v) is 3.44. The zero-order chi connectivity index (χ0) is 20.3. The van der Waals surface area contributed by atoms with Crippen molar-refractivity contribution in [3.8, 4) is 5.75 Å². The minimum Gasteiger partial charge on any atom is -0.487 e. The first-order valence-electron chi connectivity index (χ1n) is 7.30. The number of hydrogen-bond acceptors (Lipinski definition) is 7. The molecule has 144 valence electrons. The molecular weight excluding hydrogens is 372 g/mol. The van der Waals surface area contributed by atoms with E-state index in [1.807, 2.05) is 0 Å². The standard InChI is InChI=1S/C14H13F2N5O6/c1-7-13(21(25)26)12(18-19(7)2)14(22)17-8-3-9(20(23)24)5-10(4-8)27-6-11(15)16/h3-5,11H,6H2,1-2H3,(H,17,22). The Hall–Kier alpha value is -3.64. The molecule has 1 aromatic heterocycles. The molecule has 0 bridgehead atoms. The number of nitrogens with zero attached hydrogens (tertiary/aromatic N) is 4. The molecule has 2 rings (SSSR count). The van der Waals surface area contributed by atoms with E-state index in [2.05, 4.69) is 10.4 Å². The smallest absolute Gasteiger partial charge is 0.322 e. The number of nitro benzene ring substituents is 1. The normalized spacial score (nSPS) is 10.7. The van der Waals surface area contributed by atoms with Gasteiger partial charge in [-0.25, -0.2) is 8.78 Å². The minimum atomic E-state index is -2.80. The molecule has 0 saturated carbocycles. The molecule has 13 heteroatoms. The van der Waals surface area contributed by atoms with Gasteiger partial charge in [0.15, 0.2) is 0 Å². The molecule has 1 aromatic carbocycles. The van der Waals surface area contributed by atoms with Crippen LogP contribution in [0.15, 0.2) is 18.2 Å². The highest BCUT2D eigenvalue weighted by Gasteiger charge is 2.29. The lowest BCUT2D eigenvalue weighted by molar-refractivity contribution is -0.385. The summed E-state index contributed by atoms with van der Waals surface area (Å²) in [5.41, 5.74) is -1.58. The number of hydrogen-bond donors (Lipinski definition) is 1. The maximum Gasteiger partial charge on any atom is 0.322 e. The second-order valence-corrected chi connectivity index (χ2v) is 5.29. The average molecular weight is 385 g/mol. The van der Waals surface area contributed by atoms with E-state index in [4.69, 9.17) is 4.74 Å². The lowest BCUT2D eigenvalue weighted by atomic mass is 10.2. The molecular formula is C14H13F2N5O6. The van der Waals surface area contributed by atoms with Crippen molar-refractivity contribution in [2.45, 2.75) is 13.3 Å². The maximum absolute atomic E-state index is 12.3. The molecule has 0 aliphatic carbocycles. The van der Waals surface area contributed by atoms with Gasteiger partial charge in [-0.05, 0) is 6.92 Å². The highest BCUT2D eigenvalue weighted by molar-refractivity contribution is 6.06. The van der Waals surface area contributed by atoms with Crippen LogP contribution in [0.2, 0.25) is 0 Å². The van der Waals surface area contributed by atoms with Gasteiger partial charge in [-0.3, -0.25) is 29.7 Å². The van der Waals surface area contributed by atoms with Crippen molar-refractivity contribution in [3.63, 3.8) is 0 Å². The lowest BCUT2D eigenvalue weighted by Gasteiger charge is -2.08. The van der Waals surface area contributed by atoms with Gasteiger partial charge in [0.25, 0.3) is 18.0 Å². The number of nitrogens with one attached hydrogen (secondary N) is 1. The van der Waals surface area contributed by atoms with Crippen molar-refractivity contribution in [1.29, 1.82) is 0 Å². The fraction of sp³-hybridized carbons (Fsp3) is 0.286. The van der Waals surface area contributed by atoms with Crippen molar-refractivity contribution in [1.82, 2.24) is 9.78 Å². The van der Waals surface area contributed by atoms with E-state index in [0.717, 1.165) is 22.9 Å². The van der Waals surface area contributed by atoms with Crippen LogP contribution in [0.1, 0.15) is 16.2 Å². The predicted molar refractivity (Wildman–Crippen MR) is 87.1 cm³/mol. The number of amides is 1. The fourth-order valence-corrected chi connectivity index (χ4v) is 2.16. The number of carbonyl (C=O) groups is 1. The number of anilines is 1. The van der Waals surface area contributed by atoms with Crippen LogP contribution in [0, 0.1) is 27.2 Å². The fourth-order valence-electron chi connectivity index (χ4n) is 2.16. The van der Waals surface area contributed by atoms with Crippen LogP contribution < -0.4 is 10.1 Å². The Morgan fingerprint density at radius 3 is 2.52 bits per heavy atom. The summed E-state index contributed by atoms with van der Waals surface area (Å²) in [7, 11) is 1.41. The summed E-state index contributed by atoms with van der Waals surface area (Å²) in [5.74, 6) is -1.27. The van der Waals surface area contributed by atoms with E-state index >= 15 is 0 Å². The topological polar surface area (TPSA) is 142 Å². The summed E-state index contributed by atoms with van der Waals surface area (Å²) in [6, 6.07) is 2.94. The largest absolute Gasteiger partial charge is 0.487 e. The van der Waals surface area contributed by atoms with Gasteiger partial charge >= 0.3 is 5.69 Å². The third-order valence-electron chi connectivity index (χ3n) is 3.44. The number of ether oxygens (including phenoxy) is 1. The number of benzene rings is 1. The van der Waals surface area contributed by atoms with E-state index in [0.29, 0.717) is 0 Å². The Kier molecular flexibility index (Phi) is 5.63. The lowest BCUT2D eigenvalue weighted by Crippen LogP contribution is -2.15. The number of aromatic nitrogens is 2. The van der Waals surface area contributed by atoms with Crippen LogP contribution in [-0.2, 0) is 7.05 Å². The zero-order valence-corrected chi connectivity index (χ0v) is 14.0. The second kappa shape index (κ2) is 7.72. The van der Waals surface area contributed by atoms with Gasteiger partial charge in [0.2, 0.25) is 5.69 Å². The van der Waals surface area contributed by atoms with Crippen LogP contribution in [0.3, 0.4) is 0 Å². The highest BCUT2D eigenvalue weighted by atomic mass is 19.3. The molecule has 0 spiro atoms. The van der Waals surface area contributed by atoms with Gasteiger partial charge < -0.3 is 10.1 Å². The summed E-state index contributed by atoms with van der Waals surface area (Å²) in [6.07, 6.45) is -2.80. The number of alkyl halides is 2. The summed E-state index contributed by atoms with van der Waals surface area (Å²) in [5, 5.41) is 28.1. The van der Waals surface area contributed by atoms with Gasteiger partial charge in [0, 0.05) is 19.2 Å². The van der Waals surface area contributed by atoms with Crippen LogP contribution in [-0.4, -0.2) is 38.6 Å². The minimum absolute atomic E-state index is 0.130. The molecule has 0 fully saturated rings. The maximum atomic E-state index is 12.3. The van der Waals surface area contributed by atoms with Crippen molar-refractivity contribution < 1.29 is 28.2 Å². The molecule has 0 unspecified atom stereocenters. The molecule has 1 heterocycles. The van der Waals surface area contributed by atoms with Gasteiger partial charge in [-0.15, -0.1) is 0 Å². The van der Waals surface area contributed by atoms with Gasteiger partial charge in [-0.2, -0.15) is 5.10 Å². The molecule has 0 atom stereocenters. The predicted octanol–water partition coefficient (Wildman–Crippen LogP) is 2.44. The summed E-state index contributed by atoms with van der Waals surface area (Å²) >= 11 is 0. The van der Waals surface area contributed by atoms with Crippen molar-refractivity contribution in [2.24, 2.45) is 7.05 Å². The molecule has 0 aliphatic heterocycles. The van der Waals surface area contributed by atoms with Crippen molar-refractivity contribution in [2.75, 3.05) is 11.9 Å². The van der Waals surface area contributed by atoms with Crippen LogP contribution in [0.25, 0.3) is 0 Å².